The lowest BCUT2D eigenvalue weighted by atomic mass is 9.77. The maximum atomic E-state index is 6.41. The van der Waals surface area contributed by atoms with Gasteiger partial charge in [-0.05, 0) is 30.4 Å². The molecule has 0 aliphatic heterocycles. The normalized spacial score (nSPS) is 18.8. The fraction of sp³-hybridized carbons (Fsp3) is 0.600. The zero-order chi connectivity index (χ0) is 12.5. The number of benzene rings is 1. The fourth-order valence-corrected chi connectivity index (χ4v) is 3.36. The Kier molecular flexibility index (Phi) is 3.84. The third-order valence-corrected chi connectivity index (χ3v) is 4.56. The summed E-state index contributed by atoms with van der Waals surface area (Å²) in [4.78, 5) is 1.36. The molecule has 2 heteroatoms. The summed E-state index contributed by atoms with van der Waals surface area (Å²) in [6, 6.07) is 8.88. The van der Waals surface area contributed by atoms with Crippen LogP contribution in [0, 0.1) is 5.92 Å². The summed E-state index contributed by atoms with van der Waals surface area (Å²) in [5.74, 6) is 0.705. The lowest BCUT2D eigenvalue weighted by molar-refractivity contribution is 0.262. The Labute approximate surface area is 109 Å². The van der Waals surface area contributed by atoms with Crippen molar-refractivity contribution in [3.05, 3.63) is 29.8 Å². The summed E-state index contributed by atoms with van der Waals surface area (Å²) < 4.78 is 0.245. The first kappa shape index (κ1) is 13.0. The first-order chi connectivity index (χ1) is 7.97. The van der Waals surface area contributed by atoms with Crippen molar-refractivity contribution in [2.75, 3.05) is 0 Å². The van der Waals surface area contributed by atoms with Crippen molar-refractivity contribution in [3.8, 4) is 0 Å². The molecule has 0 spiro atoms. The van der Waals surface area contributed by atoms with Crippen LogP contribution < -0.4 is 5.73 Å². The minimum atomic E-state index is 0.231. The maximum Gasteiger partial charge on any atom is 0.0334 e. The van der Waals surface area contributed by atoms with Gasteiger partial charge in [-0.1, -0.05) is 45.4 Å². The van der Waals surface area contributed by atoms with Crippen LogP contribution in [0.4, 0.5) is 0 Å². The molecule has 1 atom stereocenters. The highest BCUT2D eigenvalue weighted by Crippen LogP contribution is 2.41. The minimum absolute atomic E-state index is 0.231. The summed E-state index contributed by atoms with van der Waals surface area (Å²) in [6.07, 6.45) is 3.96. The minimum Gasteiger partial charge on any atom is -0.324 e. The van der Waals surface area contributed by atoms with Gasteiger partial charge in [-0.15, -0.1) is 11.8 Å². The molecule has 0 radical (unpaired) electrons. The van der Waals surface area contributed by atoms with Gasteiger partial charge in [0.05, 0.1) is 0 Å². The SMILES string of the molecule is CC(C)(C)Sc1ccccc1[C@@H](N)C1CCC1. The molecule has 1 fully saturated rings. The van der Waals surface area contributed by atoms with Crippen molar-refractivity contribution in [1.82, 2.24) is 0 Å². The van der Waals surface area contributed by atoms with Crippen LogP contribution in [0.1, 0.15) is 51.6 Å². The van der Waals surface area contributed by atoms with Gasteiger partial charge in [0, 0.05) is 15.7 Å². The standard InChI is InChI=1S/C15H23NS/c1-15(2,3)17-13-10-5-4-9-12(13)14(16)11-7-6-8-11/h4-5,9-11,14H,6-8,16H2,1-3H3/t14-/m0/s1. The molecule has 0 amide bonds. The Hall–Kier alpha value is -0.470. The topological polar surface area (TPSA) is 26.0 Å². The number of hydrogen-bond donors (Lipinski definition) is 1. The van der Waals surface area contributed by atoms with E-state index in [1.165, 1.54) is 29.7 Å². The molecule has 0 aromatic heterocycles. The van der Waals surface area contributed by atoms with Crippen LogP contribution in [-0.4, -0.2) is 4.75 Å². The quantitative estimate of drug-likeness (QED) is 0.805. The average molecular weight is 249 g/mol. The molecule has 2 rings (SSSR count). The Morgan fingerprint density at radius 2 is 1.88 bits per heavy atom. The smallest absolute Gasteiger partial charge is 0.0334 e. The zero-order valence-corrected chi connectivity index (χ0v) is 11.9. The zero-order valence-electron chi connectivity index (χ0n) is 11.1. The van der Waals surface area contributed by atoms with E-state index in [1.807, 2.05) is 11.8 Å². The van der Waals surface area contributed by atoms with E-state index in [0.717, 1.165) is 0 Å². The van der Waals surface area contributed by atoms with Crippen molar-refractivity contribution < 1.29 is 0 Å². The second-order valence-corrected chi connectivity index (χ2v) is 7.84. The summed E-state index contributed by atoms with van der Waals surface area (Å²) in [5, 5.41) is 0. The van der Waals surface area contributed by atoms with Crippen LogP contribution in [-0.2, 0) is 0 Å². The van der Waals surface area contributed by atoms with E-state index in [-0.39, 0.29) is 10.8 Å². The summed E-state index contributed by atoms with van der Waals surface area (Å²) in [7, 11) is 0. The molecule has 0 bridgehead atoms. The summed E-state index contributed by atoms with van der Waals surface area (Å²) in [5.41, 5.74) is 7.75. The van der Waals surface area contributed by atoms with Gasteiger partial charge in [-0.25, -0.2) is 0 Å². The third-order valence-electron chi connectivity index (χ3n) is 3.35. The van der Waals surface area contributed by atoms with Crippen molar-refractivity contribution >= 4 is 11.8 Å². The molecule has 1 nitrogen and oxygen atoms in total. The van der Waals surface area contributed by atoms with Gasteiger partial charge in [0.2, 0.25) is 0 Å². The van der Waals surface area contributed by atoms with E-state index in [9.17, 15) is 0 Å². The molecule has 1 aliphatic carbocycles. The summed E-state index contributed by atoms with van der Waals surface area (Å²) >= 11 is 1.93. The van der Waals surface area contributed by atoms with Crippen LogP contribution in [0.15, 0.2) is 29.2 Å². The number of rotatable bonds is 3. The lowest BCUT2D eigenvalue weighted by Crippen LogP contribution is -2.27. The highest BCUT2D eigenvalue weighted by molar-refractivity contribution is 8.00. The van der Waals surface area contributed by atoms with Gasteiger partial charge in [-0.3, -0.25) is 0 Å². The van der Waals surface area contributed by atoms with E-state index in [1.54, 1.807) is 0 Å². The molecule has 1 aromatic carbocycles. The van der Waals surface area contributed by atoms with E-state index in [2.05, 4.69) is 45.0 Å². The van der Waals surface area contributed by atoms with Crippen LogP contribution in [0.5, 0.6) is 0 Å². The van der Waals surface area contributed by atoms with E-state index in [4.69, 9.17) is 5.73 Å². The lowest BCUT2D eigenvalue weighted by Gasteiger charge is -2.33. The Bertz CT molecular complexity index is 377. The van der Waals surface area contributed by atoms with Crippen LogP contribution in [0.3, 0.4) is 0 Å². The van der Waals surface area contributed by atoms with Crippen molar-refractivity contribution in [1.29, 1.82) is 0 Å². The number of hydrogen-bond acceptors (Lipinski definition) is 2. The van der Waals surface area contributed by atoms with Gasteiger partial charge in [-0.2, -0.15) is 0 Å². The molecule has 1 aromatic rings. The monoisotopic (exact) mass is 249 g/mol. The van der Waals surface area contributed by atoms with Crippen molar-refractivity contribution in [2.24, 2.45) is 11.7 Å². The molecule has 0 saturated heterocycles. The highest BCUT2D eigenvalue weighted by Gasteiger charge is 2.27. The highest BCUT2D eigenvalue weighted by atomic mass is 32.2. The van der Waals surface area contributed by atoms with Crippen molar-refractivity contribution in [2.45, 2.75) is 55.7 Å². The maximum absolute atomic E-state index is 6.41. The molecular formula is C15H23NS. The molecule has 2 N–H and O–H groups in total. The predicted molar refractivity (Wildman–Crippen MR) is 76.3 cm³/mol. The van der Waals surface area contributed by atoms with Crippen molar-refractivity contribution in [3.63, 3.8) is 0 Å². The van der Waals surface area contributed by atoms with E-state index < -0.39 is 0 Å². The molecule has 17 heavy (non-hydrogen) atoms. The van der Waals surface area contributed by atoms with Crippen LogP contribution in [0.2, 0.25) is 0 Å². The fourth-order valence-electron chi connectivity index (χ4n) is 2.23. The van der Waals surface area contributed by atoms with Gasteiger partial charge < -0.3 is 5.73 Å². The third kappa shape index (κ3) is 3.26. The second kappa shape index (κ2) is 5.03. The molecule has 0 heterocycles. The average Bonchev–Trinajstić information content (AvgIpc) is 2.13. The first-order valence-corrected chi connectivity index (χ1v) is 7.32. The van der Waals surface area contributed by atoms with Gasteiger partial charge in [0.15, 0.2) is 0 Å². The predicted octanol–water partition coefficient (Wildman–Crippen LogP) is 4.38. The second-order valence-electron chi connectivity index (χ2n) is 5.97. The molecule has 94 valence electrons. The van der Waals surface area contributed by atoms with Gasteiger partial charge >= 0.3 is 0 Å². The first-order valence-electron chi connectivity index (χ1n) is 6.51. The number of thioether (sulfide) groups is 1. The molecular weight excluding hydrogens is 226 g/mol. The number of nitrogens with two attached hydrogens (primary N) is 1. The van der Waals surface area contributed by atoms with E-state index in [0.29, 0.717) is 5.92 Å². The van der Waals surface area contributed by atoms with Gasteiger partial charge in [0.1, 0.15) is 0 Å². The van der Waals surface area contributed by atoms with Crippen LogP contribution >= 0.6 is 11.8 Å². The van der Waals surface area contributed by atoms with E-state index >= 15 is 0 Å². The Morgan fingerprint density at radius 3 is 2.41 bits per heavy atom. The van der Waals surface area contributed by atoms with Crippen LogP contribution in [0.25, 0.3) is 0 Å². The van der Waals surface area contributed by atoms with Gasteiger partial charge in [0.25, 0.3) is 0 Å². The Morgan fingerprint density at radius 1 is 1.24 bits per heavy atom. The molecule has 1 saturated carbocycles. The largest absolute Gasteiger partial charge is 0.324 e. The molecule has 0 unspecified atom stereocenters. The molecule has 1 aliphatic rings. The Balaban J connectivity index is 2.20. The summed E-state index contributed by atoms with van der Waals surface area (Å²) in [6.45, 7) is 6.76.